The molecule has 318 valence electrons. The van der Waals surface area contributed by atoms with Crippen molar-refractivity contribution >= 4 is 74.0 Å². The van der Waals surface area contributed by atoms with Crippen LogP contribution in [0.1, 0.15) is 0 Å². The lowest BCUT2D eigenvalue weighted by molar-refractivity contribution is 1.25. The number of fused-ring (bicyclic) bond motifs is 6. The molecule has 0 unspecified atom stereocenters. The maximum Gasteiger partial charge on any atom is 0.333 e. The quantitative estimate of drug-likeness (QED) is 0.141. The molecule has 3 nitrogen and oxygen atoms in total. The van der Waals surface area contributed by atoms with Crippen molar-refractivity contribution in [2.24, 2.45) is 0 Å². The minimum atomic E-state index is -0.176. The predicted octanol–water partition coefficient (Wildman–Crippen LogP) is 16.0. The minimum Gasteiger partial charge on any atom is -0.376 e. The van der Waals surface area contributed by atoms with Crippen molar-refractivity contribution in [3.8, 4) is 44.5 Å². The first-order valence-corrected chi connectivity index (χ1v) is 23.5. The van der Waals surface area contributed by atoms with Crippen LogP contribution in [0, 0.1) is 0 Å². The van der Waals surface area contributed by atoms with E-state index < -0.39 is 0 Å². The van der Waals surface area contributed by atoms with Gasteiger partial charge in [0.05, 0.1) is 0 Å². The van der Waals surface area contributed by atoms with E-state index in [1.165, 1.54) is 77.6 Å². The molecule has 11 aromatic rings. The number of anilines is 8. The first-order valence-electron chi connectivity index (χ1n) is 23.5. The first-order chi connectivity index (χ1) is 33.7. The number of hydrogen-bond donors (Lipinski definition) is 0. The Balaban J connectivity index is 1.13. The zero-order chi connectivity index (χ0) is 45.0. The fourth-order valence-electron chi connectivity index (χ4n) is 10.7. The first kappa shape index (κ1) is 39.5. The lowest BCUT2D eigenvalue weighted by Gasteiger charge is -2.46. The van der Waals surface area contributed by atoms with Gasteiger partial charge in [-0.05, 0) is 140 Å². The molecule has 0 spiro atoms. The summed E-state index contributed by atoms with van der Waals surface area (Å²) in [7, 11) is 0. The Morgan fingerprint density at radius 3 is 1.46 bits per heavy atom. The van der Waals surface area contributed by atoms with E-state index in [1.807, 2.05) is 0 Å². The van der Waals surface area contributed by atoms with Crippen LogP contribution < -0.4 is 25.5 Å². The maximum absolute atomic E-state index is 2.62. The van der Waals surface area contributed by atoms with E-state index in [2.05, 4.69) is 282 Å². The fourth-order valence-corrected chi connectivity index (χ4v) is 10.7. The Kier molecular flexibility index (Phi) is 9.61. The monoisotopic (exact) mass is 865 g/mol. The molecule has 0 atom stereocenters. The lowest BCUT2D eigenvalue weighted by atomic mass is 9.43. The van der Waals surface area contributed by atoms with Crippen LogP contribution in [0.25, 0.3) is 55.3 Å². The summed E-state index contributed by atoms with van der Waals surface area (Å²) in [5, 5.41) is 2.45. The predicted molar refractivity (Wildman–Crippen MR) is 289 cm³/mol. The zero-order valence-corrected chi connectivity index (χ0v) is 37.3. The third-order valence-electron chi connectivity index (χ3n) is 13.8. The molecular formula is C64H44BN3. The summed E-state index contributed by atoms with van der Waals surface area (Å²) in [5.74, 6) is 0. The molecule has 0 saturated carbocycles. The van der Waals surface area contributed by atoms with Crippen LogP contribution in [0.3, 0.4) is 0 Å². The standard InChI is InChI=1S/C64H44BN3/c1-6-20-45(21-7-1)48-27-18-33-54(40-48)67-61-44-55(66(52-29-12-4-13-30-52)53-31-14-5-15-32-53)37-38-59(61)65-64-62(67)43-51-26-16-17-35-57(51)63(64)58-42-50(47-24-10-3-11-25-47)36-39-60(58)68(65)56-34-19-28-49(41-56)46-22-8-2-9-23-46/h1-44H. The molecule has 0 bridgehead atoms. The molecule has 0 radical (unpaired) electrons. The highest BCUT2D eigenvalue weighted by Crippen LogP contribution is 2.51. The molecule has 0 amide bonds. The lowest BCUT2D eigenvalue weighted by Crippen LogP contribution is -2.61. The van der Waals surface area contributed by atoms with Crippen LogP contribution in [0.4, 0.5) is 45.5 Å². The molecule has 0 aromatic heterocycles. The Bertz CT molecular complexity index is 3600. The van der Waals surface area contributed by atoms with Crippen LogP contribution in [-0.4, -0.2) is 6.85 Å². The third-order valence-corrected chi connectivity index (χ3v) is 13.8. The summed E-state index contributed by atoms with van der Waals surface area (Å²) in [6.07, 6.45) is 0. The SMILES string of the molecule is c1ccc(-c2cccc(N3B4c5ccc(N(c6ccccc6)c6ccccc6)cc5N(c5cccc(-c6ccccc6)c5)c5cc6ccccc6c(c54)-c4cc(-c5ccccc5)ccc43)c2)cc1. The van der Waals surface area contributed by atoms with Crippen LogP contribution >= 0.6 is 0 Å². The average Bonchev–Trinajstić information content (AvgIpc) is 3.42. The summed E-state index contributed by atoms with van der Waals surface area (Å²) in [6.45, 7) is -0.176. The van der Waals surface area contributed by atoms with Crippen LogP contribution in [0.2, 0.25) is 0 Å². The van der Waals surface area contributed by atoms with Gasteiger partial charge in [-0.25, -0.2) is 0 Å². The summed E-state index contributed by atoms with van der Waals surface area (Å²) in [6, 6.07) is 97.7. The van der Waals surface area contributed by atoms with E-state index in [-0.39, 0.29) is 6.85 Å². The normalized spacial score (nSPS) is 12.3. The summed E-state index contributed by atoms with van der Waals surface area (Å²) >= 11 is 0. The van der Waals surface area contributed by atoms with Gasteiger partial charge in [-0.2, -0.15) is 0 Å². The average molecular weight is 866 g/mol. The number of nitrogens with zero attached hydrogens (tertiary/aromatic N) is 3. The van der Waals surface area contributed by atoms with E-state index in [4.69, 9.17) is 0 Å². The van der Waals surface area contributed by atoms with Crippen molar-refractivity contribution in [1.29, 1.82) is 0 Å². The summed E-state index contributed by atoms with van der Waals surface area (Å²) in [5.41, 5.74) is 21.1. The van der Waals surface area contributed by atoms with Gasteiger partial charge in [-0.1, -0.05) is 188 Å². The van der Waals surface area contributed by atoms with Crippen molar-refractivity contribution < 1.29 is 0 Å². The topological polar surface area (TPSA) is 9.72 Å². The third kappa shape index (κ3) is 6.69. The Morgan fingerprint density at radius 1 is 0.324 bits per heavy atom. The number of benzene rings is 11. The number of rotatable bonds is 8. The molecule has 13 rings (SSSR count). The van der Waals surface area contributed by atoms with Gasteiger partial charge < -0.3 is 14.6 Å². The Hall–Kier alpha value is -8.86. The molecule has 0 N–H and O–H groups in total. The smallest absolute Gasteiger partial charge is 0.333 e. The maximum atomic E-state index is 2.62. The molecule has 2 heterocycles. The van der Waals surface area contributed by atoms with Crippen molar-refractivity contribution in [3.63, 3.8) is 0 Å². The van der Waals surface area contributed by atoms with Crippen LogP contribution in [0.15, 0.2) is 267 Å². The van der Waals surface area contributed by atoms with Crippen molar-refractivity contribution in [2.45, 2.75) is 0 Å². The van der Waals surface area contributed by atoms with Gasteiger partial charge in [-0.3, -0.25) is 0 Å². The second-order valence-corrected chi connectivity index (χ2v) is 17.7. The summed E-state index contributed by atoms with van der Waals surface area (Å²) < 4.78 is 0. The van der Waals surface area contributed by atoms with Crippen molar-refractivity contribution in [3.05, 3.63) is 267 Å². The van der Waals surface area contributed by atoms with Gasteiger partial charge in [0.25, 0.3) is 0 Å². The highest BCUT2D eigenvalue weighted by molar-refractivity contribution is 6.94. The molecule has 0 aliphatic carbocycles. The van der Waals surface area contributed by atoms with E-state index >= 15 is 0 Å². The number of para-hydroxylation sites is 2. The Morgan fingerprint density at radius 2 is 0.838 bits per heavy atom. The highest BCUT2D eigenvalue weighted by Gasteiger charge is 2.46. The molecule has 68 heavy (non-hydrogen) atoms. The van der Waals surface area contributed by atoms with E-state index in [1.54, 1.807) is 0 Å². The minimum absolute atomic E-state index is 0.176. The second-order valence-electron chi connectivity index (χ2n) is 17.7. The highest BCUT2D eigenvalue weighted by atomic mass is 15.2. The largest absolute Gasteiger partial charge is 0.376 e. The molecule has 0 fully saturated rings. The van der Waals surface area contributed by atoms with Crippen LogP contribution in [-0.2, 0) is 0 Å². The van der Waals surface area contributed by atoms with E-state index in [0.717, 1.165) is 34.1 Å². The molecule has 0 saturated heterocycles. The second kappa shape index (κ2) is 16.5. The number of hydrogen-bond acceptors (Lipinski definition) is 3. The Labute approximate surface area is 398 Å². The zero-order valence-electron chi connectivity index (χ0n) is 37.3. The molecule has 11 aromatic carbocycles. The van der Waals surface area contributed by atoms with E-state index in [0.29, 0.717) is 0 Å². The summed E-state index contributed by atoms with van der Waals surface area (Å²) in [4.78, 5) is 7.55. The van der Waals surface area contributed by atoms with E-state index in [9.17, 15) is 0 Å². The van der Waals surface area contributed by atoms with Gasteiger partial charge in [-0.15, -0.1) is 0 Å². The van der Waals surface area contributed by atoms with Gasteiger partial charge in [0.1, 0.15) is 0 Å². The molecule has 2 aliphatic rings. The van der Waals surface area contributed by atoms with Crippen molar-refractivity contribution in [1.82, 2.24) is 0 Å². The molecular weight excluding hydrogens is 822 g/mol. The van der Waals surface area contributed by atoms with Gasteiger partial charge in [0.2, 0.25) is 0 Å². The van der Waals surface area contributed by atoms with Crippen LogP contribution in [0.5, 0.6) is 0 Å². The van der Waals surface area contributed by atoms with Gasteiger partial charge in [0, 0.05) is 51.1 Å². The van der Waals surface area contributed by atoms with Crippen molar-refractivity contribution in [2.75, 3.05) is 14.6 Å². The fraction of sp³-hybridized carbons (Fsp3) is 0. The van der Waals surface area contributed by atoms with Gasteiger partial charge in [0.15, 0.2) is 0 Å². The molecule has 4 heteroatoms. The molecule has 2 aliphatic heterocycles. The van der Waals surface area contributed by atoms with Gasteiger partial charge >= 0.3 is 6.85 Å².